The molecule has 0 atom stereocenters. The molecule has 2 aromatic carbocycles. The van der Waals surface area contributed by atoms with Crippen LogP contribution in [0.3, 0.4) is 0 Å². The van der Waals surface area contributed by atoms with E-state index >= 15 is 0 Å². The van der Waals surface area contributed by atoms with Gasteiger partial charge >= 0.3 is 6.09 Å². The molecule has 146 valence electrons. The Morgan fingerprint density at radius 2 is 1.79 bits per heavy atom. The van der Waals surface area contributed by atoms with E-state index in [0.717, 1.165) is 5.56 Å². The molecule has 1 heterocycles. The van der Waals surface area contributed by atoms with Gasteiger partial charge in [0.05, 0.1) is 0 Å². The van der Waals surface area contributed by atoms with Crippen LogP contribution in [0.15, 0.2) is 67.1 Å². The lowest BCUT2D eigenvalue weighted by Crippen LogP contribution is -2.26. The van der Waals surface area contributed by atoms with Gasteiger partial charge < -0.3 is 10.1 Å². The van der Waals surface area contributed by atoms with E-state index in [1.807, 2.05) is 36.4 Å². The SMILES string of the molecule is O=C(NCCC=Cc1cncnc1Cl)OCC1c2ccccc2-c2ccccc21. The first-order chi connectivity index (χ1) is 14.2. The number of hydrogen-bond donors (Lipinski definition) is 1. The average molecular weight is 406 g/mol. The van der Waals surface area contributed by atoms with Crippen LogP contribution in [0.4, 0.5) is 4.79 Å². The summed E-state index contributed by atoms with van der Waals surface area (Å²) in [6.07, 6.45) is 7.02. The smallest absolute Gasteiger partial charge is 0.407 e. The van der Waals surface area contributed by atoms with E-state index in [-0.39, 0.29) is 5.92 Å². The fourth-order valence-corrected chi connectivity index (χ4v) is 3.71. The lowest BCUT2D eigenvalue weighted by molar-refractivity contribution is 0.143. The van der Waals surface area contributed by atoms with E-state index in [1.165, 1.54) is 28.6 Å². The molecule has 5 nitrogen and oxygen atoms in total. The highest BCUT2D eigenvalue weighted by Gasteiger charge is 2.28. The van der Waals surface area contributed by atoms with Crippen LogP contribution >= 0.6 is 11.6 Å². The zero-order chi connectivity index (χ0) is 20.1. The van der Waals surface area contributed by atoms with E-state index in [2.05, 4.69) is 39.6 Å². The fraction of sp³-hybridized carbons (Fsp3) is 0.174. The Morgan fingerprint density at radius 1 is 1.10 bits per heavy atom. The number of halogens is 1. The predicted octanol–water partition coefficient (Wildman–Crippen LogP) is 5.07. The molecular formula is C23H20ClN3O2. The lowest BCUT2D eigenvalue weighted by atomic mass is 9.98. The first-order valence-electron chi connectivity index (χ1n) is 9.45. The average Bonchev–Trinajstić information content (AvgIpc) is 3.07. The third-order valence-electron chi connectivity index (χ3n) is 4.91. The van der Waals surface area contributed by atoms with Gasteiger partial charge in [0.1, 0.15) is 18.1 Å². The van der Waals surface area contributed by atoms with Crippen LogP contribution in [0.25, 0.3) is 17.2 Å². The number of benzene rings is 2. The van der Waals surface area contributed by atoms with Gasteiger partial charge in [0, 0.05) is 24.2 Å². The molecule has 1 aliphatic rings. The van der Waals surface area contributed by atoms with Gasteiger partial charge in [-0.3, -0.25) is 0 Å². The first kappa shape index (κ1) is 19.2. The molecule has 0 fully saturated rings. The quantitative estimate of drug-likeness (QED) is 0.459. The molecule has 29 heavy (non-hydrogen) atoms. The zero-order valence-electron chi connectivity index (χ0n) is 15.7. The third kappa shape index (κ3) is 4.30. The predicted molar refractivity (Wildman–Crippen MR) is 114 cm³/mol. The van der Waals surface area contributed by atoms with Crippen LogP contribution in [0, 0.1) is 0 Å². The largest absolute Gasteiger partial charge is 0.449 e. The minimum atomic E-state index is -0.415. The van der Waals surface area contributed by atoms with Crippen molar-refractivity contribution in [3.63, 3.8) is 0 Å². The standard InChI is InChI=1S/C23H20ClN3O2/c24-22-16(13-25-15-27-22)7-5-6-12-26-23(28)29-14-21-19-10-3-1-8-17(19)18-9-2-4-11-20(18)21/h1-5,7-11,13,15,21H,6,12,14H2,(H,26,28). The maximum absolute atomic E-state index is 12.1. The number of rotatable bonds is 6. The van der Waals surface area contributed by atoms with Crippen molar-refractivity contribution < 1.29 is 9.53 Å². The summed E-state index contributed by atoms with van der Waals surface area (Å²) in [6.45, 7) is 0.783. The summed E-state index contributed by atoms with van der Waals surface area (Å²) in [5.41, 5.74) is 5.57. The van der Waals surface area contributed by atoms with E-state index in [9.17, 15) is 4.79 Å². The maximum Gasteiger partial charge on any atom is 0.407 e. The zero-order valence-corrected chi connectivity index (χ0v) is 16.5. The molecule has 0 saturated heterocycles. The van der Waals surface area contributed by atoms with Gasteiger partial charge in [-0.25, -0.2) is 14.8 Å². The van der Waals surface area contributed by atoms with Gasteiger partial charge in [-0.05, 0) is 28.7 Å². The second-order valence-corrected chi connectivity index (χ2v) is 7.07. The molecule has 3 aromatic rings. The van der Waals surface area contributed by atoms with E-state index in [0.29, 0.717) is 24.7 Å². The summed E-state index contributed by atoms with van der Waals surface area (Å²) >= 11 is 5.97. The summed E-state index contributed by atoms with van der Waals surface area (Å²) in [5, 5.41) is 3.18. The van der Waals surface area contributed by atoms with Gasteiger partial charge in [0.15, 0.2) is 0 Å². The molecule has 1 N–H and O–H groups in total. The molecule has 6 heteroatoms. The van der Waals surface area contributed by atoms with Crippen molar-refractivity contribution in [3.05, 3.63) is 89.0 Å². The molecule has 0 saturated carbocycles. The molecule has 0 radical (unpaired) electrons. The summed E-state index contributed by atoms with van der Waals surface area (Å²) in [5.74, 6) is 0.0632. The number of ether oxygens (including phenoxy) is 1. The summed E-state index contributed by atoms with van der Waals surface area (Å²) in [7, 11) is 0. The monoisotopic (exact) mass is 405 g/mol. The third-order valence-corrected chi connectivity index (χ3v) is 5.23. The van der Waals surface area contributed by atoms with Crippen LogP contribution in [0.2, 0.25) is 5.15 Å². The van der Waals surface area contributed by atoms with Crippen molar-refractivity contribution in [3.8, 4) is 11.1 Å². The van der Waals surface area contributed by atoms with Crippen LogP contribution < -0.4 is 5.32 Å². The number of aromatic nitrogens is 2. The molecule has 0 bridgehead atoms. The lowest BCUT2D eigenvalue weighted by Gasteiger charge is -2.14. The van der Waals surface area contributed by atoms with Crippen molar-refractivity contribution in [2.24, 2.45) is 0 Å². The Hall–Kier alpha value is -3.18. The minimum Gasteiger partial charge on any atom is -0.449 e. The number of alkyl carbamates (subject to hydrolysis) is 1. The Labute approximate surface area is 174 Å². The number of nitrogens with zero attached hydrogens (tertiary/aromatic N) is 2. The first-order valence-corrected chi connectivity index (χ1v) is 9.82. The molecule has 1 amide bonds. The molecule has 1 aromatic heterocycles. The number of carbonyl (C=O) groups excluding carboxylic acids is 1. The van der Waals surface area contributed by atoms with Gasteiger partial charge in [-0.15, -0.1) is 0 Å². The van der Waals surface area contributed by atoms with E-state index in [4.69, 9.17) is 16.3 Å². The summed E-state index contributed by atoms with van der Waals surface area (Å²) < 4.78 is 5.51. The van der Waals surface area contributed by atoms with Crippen LogP contribution in [-0.4, -0.2) is 29.2 Å². The topological polar surface area (TPSA) is 64.1 Å². The Kier molecular flexibility index (Phi) is 5.86. The number of hydrogen-bond acceptors (Lipinski definition) is 4. The molecule has 4 rings (SSSR count). The van der Waals surface area contributed by atoms with Crippen LogP contribution in [-0.2, 0) is 4.74 Å². The molecular weight excluding hydrogens is 386 g/mol. The number of amides is 1. The number of carbonyl (C=O) groups is 1. The van der Waals surface area contributed by atoms with E-state index in [1.54, 1.807) is 6.20 Å². The van der Waals surface area contributed by atoms with Crippen LogP contribution in [0.5, 0.6) is 0 Å². The Balaban J connectivity index is 1.29. The number of fused-ring (bicyclic) bond motifs is 3. The van der Waals surface area contributed by atoms with Crippen molar-refractivity contribution in [2.75, 3.05) is 13.2 Å². The minimum absolute atomic E-state index is 0.0632. The van der Waals surface area contributed by atoms with E-state index < -0.39 is 6.09 Å². The maximum atomic E-state index is 12.1. The normalized spacial score (nSPS) is 12.6. The summed E-state index contributed by atoms with van der Waals surface area (Å²) in [6, 6.07) is 16.5. The Morgan fingerprint density at radius 3 is 2.48 bits per heavy atom. The van der Waals surface area contributed by atoms with Gasteiger partial charge in [0.2, 0.25) is 0 Å². The van der Waals surface area contributed by atoms with Crippen molar-refractivity contribution in [2.45, 2.75) is 12.3 Å². The van der Waals surface area contributed by atoms with Crippen molar-refractivity contribution in [1.29, 1.82) is 0 Å². The summed E-state index contributed by atoms with van der Waals surface area (Å²) in [4.78, 5) is 20.0. The highest BCUT2D eigenvalue weighted by atomic mass is 35.5. The Bertz CT molecular complexity index is 1010. The van der Waals surface area contributed by atoms with Gasteiger partial charge in [-0.1, -0.05) is 72.3 Å². The molecule has 0 aliphatic heterocycles. The highest BCUT2D eigenvalue weighted by molar-refractivity contribution is 6.30. The van der Waals surface area contributed by atoms with Crippen molar-refractivity contribution >= 4 is 23.8 Å². The second-order valence-electron chi connectivity index (χ2n) is 6.71. The second kappa shape index (κ2) is 8.88. The fourth-order valence-electron chi connectivity index (χ4n) is 3.55. The van der Waals surface area contributed by atoms with Gasteiger partial charge in [-0.2, -0.15) is 0 Å². The molecule has 0 unspecified atom stereocenters. The highest BCUT2D eigenvalue weighted by Crippen LogP contribution is 2.44. The molecule has 1 aliphatic carbocycles. The van der Waals surface area contributed by atoms with Crippen LogP contribution in [0.1, 0.15) is 29.0 Å². The molecule has 0 spiro atoms. The number of nitrogens with one attached hydrogen (secondary N) is 1. The van der Waals surface area contributed by atoms with Gasteiger partial charge in [0.25, 0.3) is 0 Å². The van der Waals surface area contributed by atoms with Crippen molar-refractivity contribution in [1.82, 2.24) is 15.3 Å².